The summed E-state index contributed by atoms with van der Waals surface area (Å²) in [6.45, 7) is 0.00751. The molecule has 0 aliphatic heterocycles. The van der Waals surface area contributed by atoms with Gasteiger partial charge in [-0.1, -0.05) is 11.6 Å². The standard InChI is InChI=1S/C13H12ClN5O4/c14-8-1-3-9(4-2-8)17-13-16-7-10(19(22)23)12(18-13)15-6-5-11(20)21/h1-4,7H,5-6H2,(H,20,21)(H2,15,16,17,18). The molecule has 0 saturated heterocycles. The number of benzene rings is 1. The molecule has 0 aliphatic rings. The Hall–Kier alpha value is -2.94. The summed E-state index contributed by atoms with van der Waals surface area (Å²) >= 11 is 5.79. The molecule has 3 N–H and O–H groups in total. The van der Waals surface area contributed by atoms with Crippen LogP contribution in [-0.2, 0) is 4.79 Å². The summed E-state index contributed by atoms with van der Waals surface area (Å²) in [5.41, 5.74) is 0.316. The van der Waals surface area contributed by atoms with Crippen molar-refractivity contribution >= 4 is 40.7 Å². The molecule has 0 fully saturated rings. The number of nitrogens with one attached hydrogen (secondary N) is 2. The van der Waals surface area contributed by atoms with Gasteiger partial charge in [-0.25, -0.2) is 4.98 Å². The predicted octanol–water partition coefficient (Wildman–Crippen LogP) is 2.67. The van der Waals surface area contributed by atoms with Crippen LogP contribution < -0.4 is 10.6 Å². The molecule has 10 heteroatoms. The summed E-state index contributed by atoms with van der Waals surface area (Å²) in [5.74, 6) is -0.938. The minimum atomic E-state index is -1.02. The number of hydrogen-bond donors (Lipinski definition) is 3. The summed E-state index contributed by atoms with van der Waals surface area (Å²) in [6, 6.07) is 6.73. The third-order valence-electron chi connectivity index (χ3n) is 2.70. The lowest BCUT2D eigenvalue weighted by Gasteiger charge is -2.08. The first kappa shape index (κ1) is 16.4. The SMILES string of the molecule is O=C(O)CCNc1nc(Nc2ccc(Cl)cc2)ncc1[N+](=O)[O-]. The maximum atomic E-state index is 11.0. The summed E-state index contributed by atoms with van der Waals surface area (Å²) in [7, 11) is 0. The number of carbonyl (C=O) groups is 1. The lowest BCUT2D eigenvalue weighted by molar-refractivity contribution is -0.384. The quantitative estimate of drug-likeness (QED) is 0.519. The maximum absolute atomic E-state index is 11.0. The zero-order chi connectivity index (χ0) is 16.8. The molecule has 0 radical (unpaired) electrons. The predicted molar refractivity (Wildman–Crippen MR) is 84.2 cm³/mol. The van der Waals surface area contributed by atoms with Crippen LogP contribution in [0.25, 0.3) is 0 Å². The van der Waals surface area contributed by atoms with Crippen molar-refractivity contribution in [3.05, 3.63) is 45.6 Å². The Balaban J connectivity index is 2.19. The summed E-state index contributed by atoms with van der Waals surface area (Å²) in [4.78, 5) is 28.7. The lowest BCUT2D eigenvalue weighted by Crippen LogP contribution is -2.11. The Morgan fingerprint density at radius 2 is 2.04 bits per heavy atom. The average molecular weight is 338 g/mol. The monoisotopic (exact) mass is 337 g/mol. The third-order valence-corrected chi connectivity index (χ3v) is 2.95. The molecule has 0 spiro atoms. The number of halogens is 1. The number of carboxylic acid groups (broad SMARTS) is 1. The van der Waals surface area contributed by atoms with Crippen molar-refractivity contribution in [3.63, 3.8) is 0 Å². The minimum Gasteiger partial charge on any atom is -0.481 e. The van der Waals surface area contributed by atoms with E-state index in [2.05, 4.69) is 20.6 Å². The number of carboxylic acids is 1. The van der Waals surface area contributed by atoms with Gasteiger partial charge in [0.2, 0.25) is 11.8 Å². The number of rotatable bonds is 7. The van der Waals surface area contributed by atoms with Crippen LogP contribution in [0.4, 0.5) is 23.1 Å². The van der Waals surface area contributed by atoms with E-state index in [1.54, 1.807) is 24.3 Å². The Morgan fingerprint density at radius 3 is 2.65 bits per heavy atom. The van der Waals surface area contributed by atoms with Crippen LogP contribution in [-0.4, -0.2) is 32.5 Å². The molecule has 120 valence electrons. The average Bonchev–Trinajstić information content (AvgIpc) is 2.49. The van der Waals surface area contributed by atoms with Crippen LogP contribution in [0.2, 0.25) is 5.02 Å². The second-order valence-corrected chi connectivity index (χ2v) is 4.82. The fourth-order valence-corrected chi connectivity index (χ4v) is 1.78. The van der Waals surface area contributed by atoms with Crippen LogP contribution in [0.15, 0.2) is 30.5 Å². The fraction of sp³-hybridized carbons (Fsp3) is 0.154. The number of anilines is 3. The van der Waals surface area contributed by atoms with Gasteiger partial charge in [-0.2, -0.15) is 4.98 Å². The molecule has 0 unspecified atom stereocenters. The van der Waals surface area contributed by atoms with E-state index in [4.69, 9.17) is 16.7 Å². The number of aromatic nitrogens is 2. The van der Waals surface area contributed by atoms with E-state index >= 15 is 0 Å². The molecule has 0 amide bonds. The van der Waals surface area contributed by atoms with Crippen molar-refractivity contribution in [1.82, 2.24) is 9.97 Å². The second kappa shape index (κ2) is 7.36. The van der Waals surface area contributed by atoms with Gasteiger partial charge in [-0.15, -0.1) is 0 Å². The molecule has 1 aromatic carbocycles. The smallest absolute Gasteiger partial charge is 0.329 e. The van der Waals surface area contributed by atoms with E-state index in [1.165, 1.54) is 0 Å². The number of nitrogens with zero attached hydrogens (tertiary/aromatic N) is 3. The highest BCUT2D eigenvalue weighted by molar-refractivity contribution is 6.30. The van der Waals surface area contributed by atoms with Gasteiger partial charge < -0.3 is 15.7 Å². The Bertz CT molecular complexity index is 723. The van der Waals surface area contributed by atoms with Gasteiger partial charge in [0.25, 0.3) is 0 Å². The van der Waals surface area contributed by atoms with E-state index in [1.807, 2.05) is 0 Å². The first-order chi connectivity index (χ1) is 11.0. The minimum absolute atomic E-state index is 0.00751. The largest absolute Gasteiger partial charge is 0.481 e. The third kappa shape index (κ3) is 4.78. The molecule has 1 heterocycles. The van der Waals surface area contributed by atoms with Gasteiger partial charge >= 0.3 is 11.7 Å². The van der Waals surface area contributed by atoms with Crippen molar-refractivity contribution in [2.24, 2.45) is 0 Å². The topological polar surface area (TPSA) is 130 Å². The molecule has 0 aliphatic carbocycles. The lowest BCUT2D eigenvalue weighted by atomic mass is 10.3. The van der Waals surface area contributed by atoms with E-state index in [9.17, 15) is 14.9 Å². The van der Waals surface area contributed by atoms with Gasteiger partial charge in [0.05, 0.1) is 11.3 Å². The van der Waals surface area contributed by atoms with Crippen LogP contribution >= 0.6 is 11.6 Å². The van der Waals surface area contributed by atoms with Crippen molar-refractivity contribution in [1.29, 1.82) is 0 Å². The van der Waals surface area contributed by atoms with Crippen LogP contribution in [0.5, 0.6) is 0 Å². The van der Waals surface area contributed by atoms with Gasteiger partial charge in [0, 0.05) is 17.3 Å². The zero-order valence-corrected chi connectivity index (χ0v) is 12.4. The Morgan fingerprint density at radius 1 is 1.35 bits per heavy atom. The van der Waals surface area contributed by atoms with Crippen LogP contribution in [0.3, 0.4) is 0 Å². The molecule has 2 aromatic rings. The van der Waals surface area contributed by atoms with Crippen LogP contribution in [0.1, 0.15) is 6.42 Å². The molecule has 2 rings (SSSR count). The van der Waals surface area contributed by atoms with Gasteiger partial charge in [-0.3, -0.25) is 14.9 Å². The molecule has 0 saturated carbocycles. The van der Waals surface area contributed by atoms with E-state index in [0.29, 0.717) is 10.7 Å². The first-order valence-corrected chi connectivity index (χ1v) is 6.83. The van der Waals surface area contributed by atoms with E-state index < -0.39 is 10.9 Å². The van der Waals surface area contributed by atoms with E-state index in [-0.39, 0.29) is 30.4 Å². The Labute approximate surface area is 135 Å². The highest BCUT2D eigenvalue weighted by Gasteiger charge is 2.17. The number of nitro groups is 1. The molecule has 9 nitrogen and oxygen atoms in total. The second-order valence-electron chi connectivity index (χ2n) is 4.39. The summed E-state index contributed by atoms with van der Waals surface area (Å²) in [5, 5.41) is 25.6. The molecule has 1 aromatic heterocycles. The molecule has 0 bridgehead atoms. The molecular weight excluding hydrogens is 326 g/mol. The van der Waals surface area contributed by atoms with Gasteiger partial charge in [0.1, 0.15) is 6.20 Å². The normalized spacial score (nSPS) is 10.1. The highest BCUT2D eigenvalue weighted by Crippen LogP contribution is 2.24. The van der Waals surface area contributed by atoms with E-state index in [0.717, 1.165) is 6.20 Å². The van der Waals surface area contributed by atoms with Gasteiger partial charge in [0.15, 0.2) is 0 Å². The van der Waals surface area contributed by atoms with Crippen molar-refractivity contribution in [2.75, 3.05) is 17.2 Å². The Kier molecular flexibility index (Phi) is 5.26. The summed E-state index contributed by atoms with van der Waals surface area (Å²) in [6.07, 6.45) is 0.857. The van der Waals surface area contributed by atoms with Crippen molar-refractivity contribution in [2.45, 2.75) is 6.42 Å². The van der Waals surface area contributed by atoms with Crippen molar-refractivity contribution < 1.29 is 14.8 Å². The fourth-order valence-electron chi connectivity index (χ4n) is 1.65. The number of hydrogen-bond acceptors (Lipinski definition) is 7. The van der Waals surface area contributed by atoms with Gasteiger partial charge in [-0.05, 0) is 24.3 Å². The van der Waals surface area contributed by atoms with Crippen LogP contribution in [0, 0.1) is 10.1 Å². The first-order valence-electron chi connectivity index (χ1n) is 6.45. The molecule has 0 atom stereocenters. The molecule has 23 heavy (non-hydrogen) atoms. The highest BCUT2D eigenvalue weighted by atomic mass is 35.5. The maximum Gasteiger partial charge on any atom is 0.329 e. The summed E-state index contributed by atoms with van der Waals surface area (Å²) < 4.78 is 0. The number of aliphatic carboxylic acids is 1. The zero-order valence-electron chi connectivity index (χ0n) is 11.7. The molecular formula is C13H12ClN5O4. The van der Waals surface area contributed by atoms with Crippen molar-refractivity contribution in [3.8, 4) is 0 Å².